The Morgan fingerprint density at radius 1 is 0.537 bits per heavy atom. The van der Waals surface area contributed by atoms with E-state index < -0.39 is 0 Å². The van der Waals surface area contributed by atoms with Crippen molar-refractivity contribution in [2.45, 2.75) is 79.1 Å². The quantitative estimate of drug-likeness (QED) is 0.142. The average molecular weight is 905 g/mol. The van der Waals surface area contributed by atoms with E-state index in [1.165, 1.54) is 53.8 Å². The Morgan fingerprint density at radius 3 is 1.56 bits per heavy atom. The van der Waals surface area contributed by atoms with E-state index in [1.807, 2.05) is 60.1 Å². The summed E-state index contributed by atoms with van der Waals surface area (Å²) < 4.78 is 7.24. The third-order valence-corrected chi connectivity index (χ3v) is 11.1. The van der Waals surface area contributed by atoms with Gasteiger partial charge in [0.1, 0.15) is 0 Å². The molecular weight excluding hydrogens is 857 g/mol. The summed E-state index contributed by atoms with van der Waals surface area (Å²) in [5.74, 6) is 3.60. The molecule has 0 saturated carbocycles. The molecule has 0 unspecified atom stereocenters. The number of nitrogens with zero attached hydrogens (tertiary/aromatic N) is 4. The molecule has 6 heteroatoms. The van der Waals surface area contributed by atoms with E-state index in [1.54, 1.807) is 0 Å². The van der Waals surface area contributed by atoms with Crippen molar-refractivity contribution in [1.82, 2.24) is 19.1 Å². The fourth-order valence-corrected chi connectivity index (χ4v) is 8.74. The predicted molar refractivity (Wildman–Crippen MR) is 225 cm³/mol. The summed E-state index contributed by atoms with van der Waals surface area (Å²) in [5.41, 5.74) is 10.1. The van der Waals surface area contributed by atoms with Crippen LogP contribution >= 0.6 is 11.3 Å². The zero-order chi connectivity index (χ0) is 37.2. The number of imidazole rings is 2. The molecule has 8 aromatic rings. The number of rotatable bonds is 8. The minimum atomic E-state index is 0. The van der Waals surface area contributed by atoms with Gasteiger partial charge < -0.3 is 9.13 Å². The zero-order valence-corrected chi connectivity index (χ0v) is 35.6. The van der Waals surface area contributed by atoms with Gasteiger partial charge in [-0.25, -0.2) is 0 Å². The van der Waals surface area contributed by atoms with Gasteiger partial charge >= 0.3 is 0 Å². The van der Waals surface area contributed by atoms with Crippen LogP contribution in [0.1, 0.15) is 101 Å². The van der Waals surface area contributed by atoms with E-state index in [2.05, 4.69) is 155 Å². The van der Waals surface area contributed by atoms with Crippen molar-refractivity contribution in [3.05, 3.63) is 156 Å². The van der Waals surface area contributed by atoms with Gasteiger partial charge in [0.25, 0.3) is 0 Å². The van der Waals surface area contributed by atoms with E-state index >= 15 is 0 Å². The van der Waals surface area contributed by atoms with Gasteiger partial charge in [-0.05, 0) is 58.1 Å². The number of aromatic nitrogens is 4. The molecule has 0 spiro atoms. The Kier molecular flexibility index (Phi) is 12.2. The average Bonchev–Trinajstić information content (AvgIpc) is 3.93. The summed E-state index contributed by atoms with van der Waals surface area (Å²) in [6, 6.07) is 40.6. The van der Waals surface area contributed by atoms with Gasteiger partial charge in [0.05, 0.1) is 11.6 Å². The van der Waals surface area contributed by atoms with E-state index in [4.69, 9.17) is 4.98 Å². The van der Waals surface area contributed by atoms with Gasteiger partial charge in [-0.1, -0.05) is 91.8 Å². The minimum Gasteiger partial charge on any atom is -0.340 e. The third-order valence-electron chi connectivity index (χ3n) is 9.91. The van der Waals surface area contributed by atoms with Crippen LogP contribution in [0.4, 0.5) is 0 Å². The van der Waals surface area contributed by atoms with E-state index in [-0.39, 0.29) is 20.1 Å². The third kappa shape index (κ3) is 7.53. The van der Waals surface area contributed by atoms with Crippen LogP contribution in [-0.2, 0) is 20.1 Å². The molecule has 54 heavy (non-hydrogen) atoms. The van der Waals surface area contributed by atoms with Crippen molar-refractivity contribution < 1.29 is 20.1 Å². The molecule has 5 aromatic carbocycles. The molecule has 0 aliphatic rings. The number of para-hydroxylation sites is 1. The molecule has 4 nitrogen and oxygen atoms in total. The molecule has 0 saturated heterocycles. The van der Waals surface area contributed by atoms with Crippen LogP contribution in [0.5, 0.6) is 0 Å². The Labute approximate surface area is 338 Å². The zero-order valence-electron chi connectivity index (χ0n) is 32.4. The molecule has 1 radical (unpaired) electrons. The van der Waals surface area contributed by atoms with Crippen LogP contribution in [0.2, 0.25) is 0 Å². The number of hydrogen-bond donors (Lipinski definition) is 0. The number of benzene rings is 5. The molecule has 0 aliphatic heterocycles. The summed E-state index contributed by atoms with van der Waals surface area (Å²) in [4.78, 5) is 9.32. The maximum atomic E-state index is 4.72. The molecule has 0 bridgehead atoms. The van der Waals surface area contributed by atoms with Crippen molar-refractivity contribution >= 4 is 31.5 Å². The fourth-order valence-electron chi connectivity index (χ4n) is 7.36. The monoisotopic (exact) mass is 905 g/mol. The van der Waals surface area contributed by atoms with Gasteiger partial charge in [-0.2, -0.15) is 0 Å². The second-order valence-corrected chi connectivity index (χ2v) is 16.0. The van der Waals surface area contributed by atoms with E-state index in [0.29, 0.717) is 23.7 Å². The molecule has 8 rings (SSSR count). The summed E-state index contributed by atoms with van der Waals surface area (Å²) in [6.07, 6.45) is 7.93. The normalized spacial score (nSPS) is 11.5. The van der Waals surface area contributed by atoms with E-state index in [9.17, 15) is 0 Å². The first-order valence-corrected chi connectivity index (χ1v) is 19.6. The molecule has 3 aromatic heterocycles. The van der Waals surface area contributed by atoms with Crippen LogP contribution in [0.15, 0.2) is 122 Å². The summed E-state index contributed by atoms with van der Waals surface area (Å²) >= 11 is 1.91. The van der Waals surface area contributed by atoms with Crippen LogP contribution in [0.3, 0.4) is 0 Å². The van der Waals surface area contributed by atoms with Crippen molar-refractivity contribution in [2.24, 2.45) is 0 Å². The summed E-state index contributed by atoms with van der Waals surface area (Å²) in [6.45, 7) is 18.2. The second kappa shape index (κ2) is 16.8. The Hall–Kier alpha value is -4.61. The van der Waals surface area contributed by atoms with E-state index in [0.717, 1.165) is 22.8 Å². The number of hydrogen-bond acceptors (Lipinski definition) is 3. The Morgan fingerprint density at radius 2 is 1.06 bits per heavy atom. The standard InChI is InChI=1S/C27H25N2S.C21H23N2.Ir/c1-17(2)21-16-22-20-12-8-9-13-23(20)30-26(22)24(18(3)4)25(21)29-15-14-28-27(29)19-10-6-5-7-11-19;1-15(2)18-11-8-12-19(16(3)4)20(18)23-14-13-22-21(23)17-9-6-5-7-10-17;/h5-10,12-18H,1-4H3;5-9,11-16H,1-4H3;/q2*-1;. The molecule has 277 valence electrons. The SMILES string of the molecule is CC(C)c1cc2c(sc3ccccc32)c(C(C)C)c1-n1ccnc1-c1[c-]cccc1.CC(C)c1cccc(C(C)C)c1-n1ccnc1-c1[c-]cccc1.[Ir]. The van der Waals surface area contributed by atoms with Gasteiger partial charge in [0, 0.05) is 76.4 Å². The topological polar surface area (TPSA) is 35.6 Å². The fraction of sp³-hybridized carbons (Fsp3) is 0.250. The first-order chi connectivity index (χ1) is 25.7. The summed E-state index contributed by atoms with van der Waals surface area (Å²) in [5, 5.41) is 2.73. The molecule has 0 fully saturated rings. The van der Waals surface area contributed by atoms with Crippen LogP contribution < -0.4 is 0 Å². The molecule has 0 amide bonds. The van der Waals surface area contributed by atoms with Gasteiger partial charge in [0.2, 0.25) is 0 Å². The minimum absolute atomic E-state index is 0. The Balaban J connectivity index is 0.000000187. The number of fused-ring (bicyclic) bond motifs is 3. The Bertz CT molecular complexity index is 2440. The van der Waals surface area contributed by atoms with Gasteiger partial charge in [0.15, 0.2) is 0 Å². The number of thiophene rings is 1. The van der Waals surface area contributed by atoms with Crippen LogP contribution in [0, 0.1) is 12.1 Å². The van der Waals surface area contributed by atoms with Crippen molar-refractivity contribution in [2.75, 3.05) is 0 Å². The maximum absolute atomic E-state index is 4.72. The summed E-state index contributed by atoms with van der Waals surface area (Å²) in [7, 11) is 0. The van der Waals surface area contributed by atoms with Crippen molar-refractivity contribution in [3.63, 3.8) is 0 Å². The molecule has 0 atom stereocenters. The molecule has 3 heterocycles. The van der Waals surface area contributed by atoms with Crippen molar-refractivity contribution in [3.8, 4) is 34.2 Å². The van der Waals surface area contributed by atoms with Crippen LogP contribution in [-0.4, -0.2) is 19.1 Å². The van der Waals surface area contributed by atoms with Crippen LogP contribution in [0.25, 0.3) is 54.3 Å². The predicted octanol–water partition coefficient (Wildman–Crippen LogP) is 13.5. The van der Waals surface area contributed by atoms with Gasteiger partial charge in [-0.15, -0.1) is 83.1 Å². The first-order valence-electron chi connectivity index (χ1n) is 18.8. The molecule has 0 aliphatic carbocycles. The van der Waals surface area contributed by atoms with Gasteiger partial charge in [-0.3, -0.25) is 9.97 Å². The maximum Gasteiger partial charge on any atom is 0.0602 e. The second-order valence-electron chi connectivity index (χ2n) is 14.9. The molecule has 0 N–H and O–H groups in total. The smallest absolute Gasteiger partial charge is 0.0602 e. The largest absolute Gasteiger partial charge is 0.340 e. The van der Waals surface area contributed by atoms with Crippen molar-refractivity contribution in [1.29, 1.82) is 0 Å². The first kappa shape index (κ1) is 39.1. The molecular formula is C48H48IrN4S-2.